The molecule has 0 radical (unpaired) electrons. The van der Waals surface area contributed by atoms with E-state index in [1.807, 2.05) is 6.92 Å². The van der Waals surface area contributed by atoms with Gasteiger partial charge >= 0.3 is 0 Å². The lowest BCUT2D eigenvalue weighted by Gasteiger charge is -2.27. The van der Waals surface area contributed by atoms with Crippen LogP contribution in [0.4, 0.5) is 11.4 Å². The topological polar surface area (TPSA) is 98.3 Å². The molecular weight excluding hydrogens is 258 g/mol. The minimum atomic E-state index is -0.598. The summed E-state index contributed by atoms with van der Waals surface area (Å²) < 4.78 is 0. The van der Waals surface area contributed by atoms with Gasteiger partial charge in [0.1, 0.15) is 0 Å². The molecule has 1 aliphatic rings. The van der Waals surface area contributed by atoms with E-state index in [0.29, 0.717) is 11.3 Å². The Hall–Kier alpha value is -1.95. The molecule has 1 aliphatic carbocycles. The van der Waals surface area contributed by atoms with Crippen LogP contribution in [0.15, 0.2) is 18.2 Å². The van der Waals surface area contributed by atoms with Gasteiger partial charge in [0.25, 0.3) is 5.69 Å². The molecule has 6 heteroatoms. The summed E-state index contributed by atoms with van der Waals surface area (Å²) in [5.41, 5.74) is 6.41. The van der Waals surface area contributed by atoms with Gasteiger partial charge in [-0.3, -0.25) is 14.9 Å². The van der Waals surface area contributed by atoms with E-state index < -0.39 is 10.3 Å². The molecular formula is C14H19N3O3. The van der Waals surface area contributed by atoms with Crippen LogP contribution in [-0.2, 0) is 4.79 Å². The average Bonchev–Trinajstić information content (AvgIpc) is 2.73. The third kappa shape index (κ3) is 2.51. The Kier molecular flexibility index (Phi) is 3.76. The molecule has 0 aromatic heterocycles. The number of anilines is 1. The van der Waals surface area contributed by atoms with Gasteiger partial charge in [-0.05, 0) is 32.8 Å². The van der Waals surface area contributed by atoms with Gasteiger partial charge in [0.05, 0.1) is 10.3 Å². The number of amides is 1. The van der Waals surface area contributed by atoms with Gasteiger partial charge in [0, 0.05) is 23.4 Å². The molecule has 1 saturated carbocycles. The molecule has 0 saturated heterocycles. The molecule has 0 spiro atoms. The standard InChI is InChI=1S/C14H19N3O3/c1-9-5-6-10(8-11(9)17(19)20)16-13(18)14(2)7-3-4-12(14)15/h5-6,8,12H,3-4,7,15H2,1-2H3,(H,16,18). The van der Waals surface area contributed by atoms with Crippen LogP contribution in [0.3, 0.4) is 0 Å². The highest BCUT2D eigenvalue weighted by molar-refractivity contribution is 5.96. The zero-order valence-corrected chi connectivity index (χ0v) is 11.7. The van der Waals surface area contributed by atoms with Gasteiger partial charge in [-0.2, -0.15) is 0 Å². The summed E-state index contributed by atoms with van der Waals surface area (Å²) in [5.74, 6) is -0.166. The Morgan fingerprint density at radius 3 is 2.80 bits per heavy atom. The van der Waals surface area contributed by atoms with E-state index in [-0.39, 0.29) is 17.6 Å². The van der Waals surface area contributed by atoms with E-state index in [9.17, 15) is 14.9 Å². The van der Waals surface area contributed by atoms with Gasteiger partial charge in [0.15, 0.2) is 0 Å². The zero-order valence-electron chi connectivity index (χ0n) is 11.7. The number of hydrogen-bond acceptors (Lipinski definition) is 4. The predicted molar refractivity (Wildman–Crippen MR) is 76.4 cm³/mol. The maximum Gasteiger partial charge on any atom is 0.274 e. The lowest BCUT2D eigenvalue weighted by molar-refractivity contribution is -0.385. The Bertz CT molecular complexity index is 559. The normalized spacial score (nSPS) is 25.4. The number of benzene rings is 1. The maximum atomic E-state index is 12.4. The highest BCUT2D eigenvalue weighted by Crippen LogP contribution is 2.38. The fourth-order valence-electron chi connectivity index (χ4n) is 2.63. The number of nitro groups is 1. The Labute approximate surface area is 117 Å². The van der Waals surface area contributed by atoms with E-state index in [1.54, 1.807) is 19.1 Å². The third-order valence-electron chi connectivity index (χ3n) is 4.21. The highest BCUT2D eigenvalue weighted by Gasteiger charge is 2.43. The quantitative estimate of drug-likeness (QED) is 0.654. The molecule has 0 aliphatic heterocycles. The second kappa shape index (κ2) is 5.20. The molecule has 0 heterocycles. The molecule has 2 unspecified atom stereocenters. The summed E-state index contributed by atoms with van der Waals surface area (Å²) in [5, 5.41) is 13.7. The molecule has 0 bridgehead atoms. The minimum Gasteiger partial charge on any atom is -0.327 e. The number of carbonyl (C=O) groups excluding carboxylic acids is 1. The highest BCUT2D eigenvalue weighted by atomic mass is 16.6. The summed E-state index contributed by atoms with van der Waals surface area (Å²) in [4.78, 5) is 22.8. The molecule has 2 atom stereocenters. The first-order valence-electron chi connectivity index (χ1n) is 6.66. The van der Waals surface area contributed by atoms with Crippen molar-refractivity contribution in [3.8, 4) is 0 Å². The van der Waals surface area contributed by atoms with Crippen LogP contribution in [0.5, 0.6) is 0 Å². The molecule has 108 valence electrons. The van der Waals surface area contributed by atoms with Crippen molar-refractivity contribution >= 4 is 17.3 Å². The van der Waals surface area contributed by atoms with Crippen LogP contribution < -0.4 is 11.1 Å². The first-order valence-corrected chi connectivity index (χ1v) is 6.66. The number of nitrogens with zero attached hydrogens (tertiary/aromatic N) is 1. The number of nitrogens with two attached hydrogens (primary N) is 1. The summed E-state index contributed by atoms with van der Waals surface area (Å²) in [6, 6.07) is 4.52. The van der Waals surface area contributed by atoms with Gasteiger partial charge in [-0.25, -0.2) is 0 Å². The van der Waals surface area contributed by atoms with Crippen molar-refractivity contribution in [1.82, 2.24) is 0 Å². The first kappa shape index (κ1) is 14.5. The lowest BCUT2D eigenvalue weighted by Crippen LogP contribution is -2.44. The van der Waals surface area contributed by atoms with Crippen molar-refractivity contribution in [3.63, 3.8) is 0 Å². The number of nitrogens with one attached hydrogen (secondary N) is 1. The van der Waals surface area contributed by atoms with Crippen molar-refractivity contribution in [2.75, 3.05) is 5.32 Å². The molecule has 1 fully saturated rings. The van der Waals surface area contributed by atoms with E-state index in [0.717, 1.165) is 19.3 Å². The number of aryl methyl sites for hydroxylation is 1. The second-order valence-electron chi connectivity index (χ2n) is 5.63. The molecule has 20 heavy (non-hydrogen) atoms. The Morgan fingerprint density at radius 1 is 1.55 bits per heavy atom. The molecule has 1 aromatic carbocycles. The zero-order chi connectivity index (χ0) is 14.9. The van der Waals surface area contributed by atoms with Gasteiger partial charge in [-0.1, -0.05) is 12.5 Å². The van der Waals surface area contributed by atoms with Gasteiger partial charge in [0.2, 0.25) is 5.91 Å². The van der Waals surface area contributed by atoms with Crippen LogP contribution in [-0.4, -0.2) is 16.9 Å². The van der Waals surface area contributed by atoms with Crippen molar-refractivity contribution < 1.29 is 9.72 Å². The third-order valence-corrected chi connectivity index (χ3v) is 4.21. The van der Waals surface area contributed by atoms with Crippen LogP contribution >= 0.6 is 0 Å². The largest absolute Gasteiger partial charge is 0.327 e. The second-order valence-corrected chi connectivity index (χ2v) is 5.63. The first-order chi connectivity index (χ1) is 9.34. The average molecular weight is 277 g/mol. The van der Waals surface area contributed by atoms with Crippen molar-refractivity contribution in [3.05, 3.63) is 33.9 Å². The van der Waals surface area contributed by atoms with Crippen molar-refractivity contribution in [1.29, 1.82) is 0 Å². The predicted octanol–water partition coefficient (Wildman–Crippen LogP) is 2.36. The summed E-state index contributed by atoms with van der Waals surface area (Å²) in [6.07, 6.45) is 2.51. The van der Waals surface area contributed by atoms with E-state index in [1.165, 1.54) is 6.07 Å². The van der Waals surface area contributed by atoms with Crippen molar-refractivity contribution in [2.24, 2.45) is 11.1 Å². The molecule has 6 nitrogen and oxygen atoms in total. The Balaban J connectivity index is 2.20. The van der Waals surface area contributed by atoms with Crippen LogP contribution in [0.25, 0.3) is 0 Å². The van der Waals surface area contributed by atoms with Crippen LogP contribution in [0.2, 0.25) is 0 Å². The van der Waals surface area contributed by atoms with Crippen molar-refractivity contribution in [2.45, 2.75) is 39.2 Å². The summed E-state index contributed by atoms with van der Waals surface area (Å²) >= 11 is 0. The van der Waals surface area contributed by atoms with Crippen LogP contribution in [0, 0.1) is 22.5 Å². The van der Waals surface area contributed by atoms with E-state index in [2.05, 4.69) is 5.32 Å². The molecule has 1 amide bonds. The lowest BCUT2D eigenvalue weighted by atomic mass is 9.84. The van der Waals surface area contributed by atoms with E-state index >= 15 is 0 Å². The molecule has 1 aromatic rings. The fourth-order valence-corrected chi connectivity index (χ4v) is 2.63. The molecule has 2 rings (SSSR count). The molecule has 3 N–H and O–H groups in total. The van der Waals surface area contributed by atoms with Gasteiger partial charge in [-0.15, -0.1) is 0 Å². The summed E-state index contributed by atoms with van der Waals surface area (Å²) in [6.45, 7) is 3.51. The maximum absolute atomic E-state index is 12.4. The SMILES string of the molecule is Cc1ccc(NC(=O)C2(C)CCCC2N)cc1[N+](=O)[O-]. The smallest absolute Gasteiger partial charge is 0.274 e. The minimum absolute atomic E-state index is 0.00340. The van der Waals surface area contributed by atoms with Gasteiger partial charge < -0.3 is 11.1 Å². The van der Waals surface area contributed by atoms with E-state index in [4.69, 9.17) is 5.73 Å². The number of hydrogen-bond donors (Lipinski definition) is 2. The fraction of sp³-hybridized carbons (Fsp3) is 0.500. The summed E-state index contributed by atoms with van der Waals surface area (Å²) in [7, 11) is 0. The number of nitro benzene ring substituents is 1. The number of carbonyl (C=O) groups is 1. The monoisotopic (exact) mass is 277 g/mol. The Morgan fingerprint density at radius 2 is 2.25 bits per heavy atom. The number of rotatable bonds is 3. The van der Waals surface area contributed by atoms with Crippen LogP contribution in [0.1, 0.15) is 31.7 Å².